The number of benzene rings is 1. The molecule has 1 saturated heterocycles. The summed E-state index contributed by atoms with van der Waals surface area (Å²) in [7, 11) is -1.87. The van der Waals surface area contributed by atoms with Crippen molar-refractivity contribution in [3.8, 4) is 0 Å². The molecule has 0 spiro atoms. The Hall–Kier alpha value is -0.723. The fraction of sp³-hybridized carbons (Fsp3) is 0.727. The van der Waals surface area contributed by atoms with Crippen molar-refractivity contribution in [3.63, 3.8) is 0 Å². The molecule has 1 heterocycles. The molecule has 0 aliphatic carbocycles. The topological polar surface area (TPSA) is 47.9 Å². The largest absolute Gasteiger partial charge is 0.409 e. The summed E-state index contributed by atoms with van der Waals surface area (Å²) in [6, 6.07) is 9.79. The van der Waals surface area contributed by atoms with Gasteiger partial charge in [-0.3, -0.25) is 0 Å². The van der Waals surface area contributed by atoms with E-state index in [9.17, 15) is 5.11 Å². The van der Waals surface area contributed by atoms with Crippen molar-refractivity contribution in [2.45, 2.75) is 96.1 Å². The molecule has 1 N–H and O–H groups in total. The Balaban J connectivity index is 1.84. The van der Waals surface area contributed by atoms with Gasteiger partial charge in [0.15, 0.2) is 14.6 Å². The number of ether oxygens (including phenoxy) is 2. The second-order valence-corrected chi connectivity index (χ2v) is 14.0. The Morgan fingerprint density at radius 1 is 1.19 bits per heavy atom. The van der Waals surface area contributed by atoms with Crippen LogP contribution in [0.1, 0.15) is 65.0 Å². The predicted octanol–water partition coefficient (Wildman–Crippen LogP) is 5.43. The number of hydrogen-bond donors (Lipinski definition) is 1. The van der Waals surface area contributed by atoms with Gasteiger partial charge in [-0.1, -0.05) is 51.1 Å². The summed E-state index contributed by atoms with van der Waals surface area (Å²) < 4.78 is 18.7. The van der Waals surface area contributed by atoms with Gasteiger partial charge in [0, 0.05) is 6.61 Å². The fourth-order valence-electron chi connectivity index (χ4n) is 3.05. The maximum atomic E-state index is 10.3. The summed E-state index contributed by atoms with van der Waals surface area (Å²) in [5.74, 6) is 0. The molecule has 0 aromatic heterocycles. The molecule has 1 aromatic rings. The van der Waals surface area contributed by atoms with Gasteiger partial charge in [-0.25, -0.2) is 0 Å². The molecule has 1 aliphatic heterocycles. The lowest BCUT2D eigenvalue weighted by Gasteiger charge is -2.43. The predicted molar refractivity (Wildman–Crippen MR) is 112 cm³/mol. The van der Waals surface area contributed by atoms with Crippen molar-refractivity contribution >= 4 is 8.32 Å². The van der Waals surface area contributed by atoms with E-state index in [1.807, 2.05) is 30.3 Å². The summed E-state index contributed by atoms with van der Waals surface area (Å²) in [5.41, 5.74) is 0.958. The number of aliphatic hydroxyl groups excluding tert-OH is 1. The molecule has 0 amide bonds. The lowest BCUT2D eigenvalue weighted by atomic mass is 10.1. The Bertz CT molecular complexity index is 555. The molecular weight excluding hydrogens is 356 g/mol. The van der Waals surface area contributed by atoms with Crippen LogP contribution in [0.15, 0.2) is 30.3 Å². The maximum Gasteiger partial charge on any atom is 0.192 e. The van der Waals surface area contributed by atoms with Crippen LogP contribution in [-0.4, -0.2) is 38.5 Å². The molecule has 4 nitrogen and oxygen atoms in total. The van der Waals surface area contributed by atoms with E-state index in [1.165, 1.54) is 0 Å². The average Bonchev–Trinajstić information content (AvgIpc) is 2.60. The highest BCUT2D eigenvalue weighted by Crippen LogP contribution is 2.39. The molecule has 154 valence electrons. The van der Waals surface area contributed by atoms with E-state index in [2.05, 4.69) is 40.8 Å². The van der Waals surface area contributed by atoms with Crippen LogP contribution in [0.5, 0.6) is 0 Å². The van der Waals surface area contributed by atoms with Crippen molar-refractivity contribution in [2.24, 2.45) is 0 Å². The molecule has 5 heteroatoms. The first kappa shape index (κ1) is 22.6. The second kappa shape index (κ2) is 9.66. The molecule has 1 aromatic carbocycles. The summed E-state index contributed by atoms with van der Waals surface area (Å²) in [4.78, 5) is 0. The van der Waals surface area contributed by atoms with Gasteiger partial charge in [0.25, 0.3) is 0 Å². The van der Waals surface area contributed by atoms with Crippen molar-refractivity contribution < 1.29 is 19.0 Å². The first-order chi connectivity index (χ1) is 12.6. The summed E-state index contributed by atoms with van der Waals surface area (Å²) in [6.45, 7) is 14.0. The Labute approximate surface area is 166 Å². The summed E-state index contributed by atoms with van der Waals surface area (Å²) >= 11 is 0. The zero-order valence-electron chi connectivity index (χ0n) is 17.9. The third-order valence-corrected chi connectivity index (χ3v) is 10.4. The normalized spacial score (nSPS) is 25.4. The highest BCUT2D eigenvalue weighted by atomic mass is 28.4. The smallest absolute Gasteiger partial charge is 0.192 e. The van der Waals surface area contributed by atoms with Crippen molar-refractivity contribution in [3.05, 3.63) is 35.9 Å². The van der Waals surface area contributed by atoms with Gasteiger partial charge in [0.2, 0.25) is 0 Å². The third-order valence-electron chi connectivity index (χ3n) is 5.87. The van der Waals surface area contributed by atoms with E-state index in [0.29, 0.717) is 13.0 Å². The first-order valence-electron chi connectivity index (χ1n) is 10.3. The number of hydrogen-bond acceptors (Lipinski definition) is 4. The monoisotopic (exact) mass is 394 g/mol. The fourth-order valence-corrected chi connectivity index (χ4v) is 4.39. The van der Waals surface area contributed by atoms with Gasteiger partial charge in [0.05, 0.1) is 18.3 Å². The molecule has 2 rings (SSSR count). The quantitative estimate of drug-likeness (QED) is 0.471. The zero-order chi connectivity index (χ0) is 20.1. The summed E-state index contributed by atoms with van der Waals surface area (Å²) in [5, 5.41) is 10.5. The molecular formula is C22H38O4Si. The Kier molecular flexibility index (Phi) is 8.07. The Morgan fingerprint density at radius 2 is 1.85 bits per heavy atom. The van der Waals surface area contributed by atoms with Crippen LogP contribution >= 0.6 is 0 Å². The molecule has 0 unspecified atom stereocenters. The average molecular weight is 395 g/mol. The lowest BCUT2D eigenvalue weighted by molar-refractivity contribution is -0.233. The zero-order valence-corrected chi connectivity index (χ0v) is 18.9. The van der Waals surface area contributed by atoms with Crippen molar-refractivity contribution in [1.82, 2.24) is 0 Å². The van der Waals surface area contributed by atoms with Crippen LogP contribution in [0.25, 0.3) is 0 Å². The van der Waals surface area contributed by atoms with Gasteiger partial charge in [-0.2, -0.15) is 0 Å². The number of aliphatic hydroxyl groups is 1. The number of rotatable bonds is 8. The second-order valence-electron chi connectivity index (χ2n) is 9.25. The van der Waals surface area contributed by atoms with Crippen LogP contribution in [0, 0.1) is 0 Å². The van der Waals surface area contributed by atoms with Gasteiger partial charge >= 0.3 is 0 Å². The maximum absolute atomic E-state index is 10.3. The highest BCUT2D eigenvalue weighted by molar-refractivity contribution is 6.74. The minimum Gasteiger partial charge on any atom is -0.409 e. The van der Waals surface area contributed by atoms with E-state index in [4.69, 9.17) is 13.9 Å². The molecule has 0 saturated carbocycles. The van der Waals surface area contributed by atoms with Crippen molar-refractivity contribution in [1.29, 1.82) is 0 Å². The SMILES string of the molecule is C[C@H]1CC[C@H](O[Si](C)(C)C(C)(C)C)[C@@H](OCCC[C@H](O)c2ccccc2)O1. The minimum absolute atomic E-state index is 0.00105. The van der Waals surface area contributed by atoms with Crippen LogP contribution in [0.4, 0.5) is 0 Å². The van der Waals surface area contributed by atoms with E-state index in [0.717, 1.165) is 24.8 Å². The van der Waals surface area contributed by atoms with Crippen molar-refractivity contribution in [2.75, 3.05) is 6.61 Å². The standard InChI is InChI=1S/C22H38O4Si/c1-17-14-15-20(26-27(5,6)22(2,3)4)21(25-17)24-16-10-13-19(23)18-11-8-7-9-12-18/h7-9,11-12,17,19-21,23H,10,13-16H2,1-6H3/t17-,19-,20-,21-/m0/s1. The highest BCUT2D eigenvalue weighted by Gasteiger charge is 2.42. The van der Waals surface area contributed by atoms with Crippen LogP contribution in [0.3, 0.4) is 0 Å². The van der Waals surface area contributed by atoms with Gasteiger partial charge in [-0.15, -0.1) is 0 Å². The van der Waals surface area contributed by atoms with Crippen LogP contribution in [0.2, 0.25) is 18.1 Å². The third kappa shape index (κ3) is 6.68. The molecule has 27 heavy (non-hydrogen) atoms. The molecule has 4 atom stereocenters. The van der Waals surface area contributed by atoms with E-state index in [1.54, 1.807) is 0 Å². The van der Waals surface area contributed by atoms with E-state index < -0.39 is 14.4 Å². The molecule has 1 fully saturated rings. The van der Waals surface area contributed by atoms with Gasteiger partial charge in [-0.05, 0) is 56.3 Å². The van der Waals surface area contributed by atoms with E-state index >= 15 is 0 Å². The molecule has 0 bridgehead atoms. The van der Waals surface area contributed by atoms with Gasteiger partial charge < -0.3 is 19.0 Å². The Morgan fingerprint density at radius 3 is 2.48 bits per heavy atom. The van der Waals surface area contributed by atoms with Crippen LogP contribution in [-0.2, 0) is 13.9 Å². The molecule has 0 radical (unpaired) electrons. The molecule has 1 aliphatic rings. The summed E-state index contributed by atoms with van der Waals surface area (Å²) in [6.07, 6.45) is 2.90. The van der Waals surface area contributed by atoms with Gasteiger partial charge in [0.1, 0.15) is 0 Å². The lowest BCUT2D eigenvalue weighted by Crippen LogP contribution is -2.50. The minimum atomic E-state index is -1.87. The van der Waals surface area contributed by atoms with Crippen LogP contribution < -0.4 is 0 Å². The van der Waals surface area contributed by atoms with E-state index in [-0.39, 0.29) is 23.5 Å². The first-order valence-corrected chi connectivity index (χ1v) is 13.2.